The van der Waals surface area contributed by atoms with Crippen LogP contribution in [0.1, 0.15) is 37.3 Å². The molecule has 0 aromatic heterocycles. The quantitative estimate of drug-likeness (QED) is 0.539. The maximum absolute atomic E-state index is 11.1. The summed E-state index contributed by atoms with van der Waals surface area (Å²) in [5, 5.41) is 0. The summed E-state index contributed by atoms with van der Waals surface area (Å²) >= 11 is 0. The van der Waals surface area contributed by atoms with E-state index in [0.29, 0.717) is 12.8 Å². The van der Waals surface area contributed by atoms with Crippen molar-refractivity contribution >= 4 is 5.97 Å². The van der Waals surface area contributed by atoms with E-state index in [1.165, 1.54) is 31.1 Å². The SMILES string of the molecule is CCCCc1cccc(CCC(=O)OOC)c1. The van der Waals surface area contributed by atoms with Gasteiger partial charge in [0.15, 0.2) is 0 Å². The number of hydrogen-bond acceptors (Lipinski definition) is 3. The second-order valence-corrected chi connectivity index (χ2v) is 4.05. The summed E-state index contributed by atoms with van der Waals surface area (Å²) in [6.45, 7) is 2.19. The van der Waals surface area contributed by atoms with Gasteiger partial charge >= 0.3 is 5.97 Å². The molecule has 17 heavy (non-hydrogen) atoms. The van der Waals surface area contributed by atoms with Crippen LogP contribution < -0.4 is 0 Å². The average Bonchev–Trinajstić information content (AvgIpc) is 2.35. The number of hydrogen-bond donors (Lipinski definition) is 0. The summed E-state index contributed by atoms with van der Waals surface area (Å²) in [5.41, 5.74) is 2.51. The molecule has 1 aromatic carbocycles. The summed E-state index contributed by atoms with van der Waals surface area (Å²) in [5.74, 6) is -0.327. The molecule has 1 rings (SSSR count). The smallest absolute Gasteiger partial charge is 0.299 e. The summed E-state index contributed by atoms with van der Waals surface area (Å²) in [6, 6.07) is 8.37. The Morgan fingerprint density at radius 3 is 2.59 bits per heavy atom. The molecule has 94 valence electrons. The van der Waals surface area contributed by atoms with Crippen molar-refractivity contribution in [3.05, 3.63) is 35.4 Å². The third kappa shape index (κ3) is 5.50. The first-order valence-electron chi connectivity index (χ1n) is 6.07. The molecule has 0 aliphatic heterocycles. The van der Waals surface area contributed by atoms with Gasteiger partial charge in [-0.3, -0.25) is 4.89 Å². The number of unbranched alkanes of at least 4 members (excludes halogenated alkanes) is 1. The van der Waals surface area contributed by atoms with Crippen LogP contribution in [-0.2, 0) is 27.4 Å². The summed E-state index contributed by atoms with van der Waals surface area (Å²) < 4.78 is 0. The minimum Gasteiger partial charge on any atom is -0.299 e. The third-order valence-corrected chi connectivity index (χ3v) is 2.60. The van der Waals surface area contributed by atoms with E-state index in [4.69, 9.17) is 0 Å². The zero-order valence-corrected chi connectivity index (χ0v) is 10.6. The molecule has 0 radical (unpaired) electrons. The highest BCUT2D eigenvalue weighted by molar-refractivity contribution is 5.69. The van der Waals surface area contributed by atoms with Crippen LogP contribution in [0.3, 0.4) is 0 Å². The van der Waals surface area contributed by atoms with Gasteiger partial charge in [-0.2, -0.15) is 4.89 Å². The zero-order valence-electron chi connectivity index (χ0n) is 10.6. The van der Waals surface area contributed by atoms with E-state index in [2.05, 4.69) is 28.8 Å². The Morgan fingerprint density at radius 2 is 1.94 bits per heavy atom. The fourth-order valence-electron chi connectivity index (χ4n) is 1.70. The van der Waals surface area contributed by atoms with Gasteiger partial charge in [0, 0.05) is 0 Å². The normalized spacial score (nSPS) is 10.2. The van der Waals surface area contributed by atoms with E-state index < -0.39 is 0 Å². The molecule has 0 bridgehead atoms. The predicted octanol–water partition coefficient (Wildman–Crippen LogP) is 3.07. The topological polar surface area (TPSA) is 35.5 Å². The van der Waals surface area contributed by atoms with E-state index in [-0.39, 0.29) is 5.97 Å². The predicted molar refractivity (Wildman–Crippen MR) is 66.5 cm³/mol. The lowest BCUT2D eigenvalue weighted by Gasteiger charge is -2.04. The Bertz CT molecular complexity index is 347. The molecule has 3 heteroatoms. The molecule has 1 aromatic rings. The molecule has 0 spiro atoms. The largest absolute Gasteiger partial charge is 0.342 e. The number of carbonyl (C=O) groups excluding carboxylic acids is 1. The molecule has 0 aliphatic carbocycles. The maximum atomic E-state index is 11.1. The Labute approximate surface area is 103 Å². The third-order valence-electron chi connectivity index (χ3n) is 2.60. The summed E-state index contributed by atoms with van der Waals surface area (Å²) in [7, 11) is 1.34. The Hall–Kier alpha value is -1.35. The van der Waals surface area contributed by atoms with Gasteiger partial charge in [0.25, 0.3) is 0 Å². The molecule has 0 fully saturated rings. The number of rotatable bonds is 7. The molecule has 0 atom stereocenters. The highest BCUT2D eigenvalue weighted by Crippen LogP contribution is 2.10. The molecule has 0 saturated carbocycles. The van der Waals surface area contributed by atoms with Crippen molar-refractivity contribution in [2.45, 2.75) is 39.0 Å². The molecule has 0 saturated heterocycles. The molecule has 0 heterocycles. The lowest BCUT2D eigenvalue weighted by molar-refractivity contribution is -0.254. The van der Waals surface area contributed by atoms with Crippen LogP contribution in [0.25, 0.3) is 0 Å². The van der Waals surface area contributed by atoms with Gasteiger partial charge in [-0.1, -0.05) is 37.6 Å². The molecule has 0 unspecified atom stereocenters. The van der Waals surface area contributed by atoms with Crippen molar-refractivity contribution in [3.8, 4) is 0 Å². The van der Waals surface area contributed by atoms with Crippen molar-refractivity contribution in [1.29, 1.82) is 0 Å². The first-order valence-corrected chi connectivity index (χ1v) is 6.07. The molecule has 3 nitrogen and oxygen atoms in total. The van der Waals surface area contributed by atoms with E-state index in [0.717, 1.165) is 6.42 Å². The second kappa shape index (κ2) is 7.85. The first kappa shape index (κ1) is 13.7. The number of carbonyl (C=O) groups is 1. The van der Waals surface area contributed by atoms with Crippen molar-refractivity contribution in [1.82, 2.24) is 0 Å². The summed E-state index contributed by atoms with van der Waals surface area (Å²) in [4.78, 5) is 19.9. The highest BCUT2D eigenvalue weighted by atomic mass is 17.2. The van der Waals surface area contributed by atoms with Gasteiger partial charge in [-0.05, 0) is 30.4 Å². The molecular weight excluding hydrogens is 216 g/mol. The summed E-state index contributed by atoms with van der Waals surface area (Å²) in [6.07, 6.45) is 4.56. The van der Waals surface area contributed by atoms with Crippen LogP contribution in [0.2, 0.25) is 0 Å². The molecule has 0 N–H and O–H groups in total. The lowest BCUT2D eigenvalue weighted by atomic mass is 10.0. The van der Waals surface area contributed by atoms with Crippen LogP contribution in [0.5, 0.6) is 0 Å². The molecule has 0 aliphatic rings. The van der Waals surface area contributed by atoms with E-state index in [1.54, 1.807) is 0 Å². The van der Waals surface area contributed by atoms with Crippen LogP contribution in [0.4, 0.5) is 0 Å². The average molecular weight is 236 g/mol. The van der Waals surface area contributed by atoms with Crippen LogP contribution in [0, 0.1) is 0 Å². The zero-order chi connectivity index (χ0) is 12.5. The Morgan fingerprint density at radius 1 is 1.24 bits per heavy atom. The van der Waals surface area contributed by atoms with Crippen LogP contribution in [0.15, 0.2) is 24.3 Å². The minimum atomic E-state index is -0.327. The molecular formula is C14H20O3. The van der Waals surface area contributed by atoms with E-state index >= 15 is 0 Å². The van der Waals surface area contributed by atoms with Gasteiger partial charge < -0.3 is 0 Å². The minimum absolute atomic E-state index is 0.327. The fourth-order valence-corrected chi connectivity index (χ4v) is 1.70. The fraction of sp³-hybridized carbons (Fsp3) is 0.500. The van der Waals surface area contributed by atoms with Gasteiger partial charge in [0.1, 0.15) is 0 Å². The van der Waals surface area contributed by atoms with Gasteiger partial charge in [-0.15, -0.1) is 0 Å². The monoisotopic (exact) mass is 236 g/mol. The Kier molecular flexibility index (Phi) is 6.33. The number of aryl methyl sites for hydroxylation is 2. The maximum Gasteiger partial charge on any atom is 0.342 e. The van der Waals surface area contributed by atoms with Gasteiger partial charge in [-0.25, -0.2) is 4.79 Å². The first-order chi connectivity index (χ1) is 8.26. The van der Waals surface area contributed by atoms with Crippen molar-refractivity contribution in [3.63, 3.8) is 0 Å². The standard InChI is InChI=1S/C14H20O3/c1-3-4-6-12-7-5-8-13(11-12)9-10-14(15)17-16-2/h5,7-8,11H,3-4,6,9-10H2,1-2H3. The Balaban J connectivity index is 2.45. The lowest BCUT2D eigenvalue weighted by Crippen LogP contribution is -2.04. The highest BCUT2D eigenvalue weighted by Gasteiger charge is 2.04. The van der Waals surface area contributed by atoms with Crippen LogP contribution in [-0.4, -0.2) is 13.1 Å². The molecule has 0 amide bonds. The van der Waals surface area contributed by atoms with E-state index in [9.17, 15) is 4.79 Å². The van der Waals surface area contributed by atoms with Crippen molar-refractivity contribution in [2.24, 2.45) is 0 Å². The van der Waals surface area contributed by atoms with Crippen molar-refractivity contribution in [2.75, 3.05) is 7.11 Å². The number of benzene rings is 1. The van der Waals surface area contributed by atoms with Crippen molar-refractivity contribution < 1.29 is 14.6 Å². The van der Waals surface area contributed by atoms with Crippen LogP contribution >= 0.6 is 0 Å². The second-order valence-electron chi connectivity index (χ2n) is 4.05. The van der Waals surface area contributed by atoms with Gasteiger partial charge in [0.2, 0.25) is 0 Å². The van der Waals surface area contributed by atoms with Gasteiger partial charge in [0.05, 0.1) is 13.5 Å². The van der Waals surface area contributed by atoms with E-state index in [1.807, 2.05) is 12.1 Å².